The lowest BCUT2D eigenvalue weighted by molar-refractivity contribution is 0.661. The van der Waals surface area contributed by atoms with E-state index in [1.165, 1.54) is 44.2 Å². The van der Waals surface area contributed by atoms with Gasteiger partial charge in [0.05, 0.1) is 11.4 Å². The van der Waals surface area contributed by atoms with Crippen molar-refractivity contribution in [3.63, 3.8) is 0 Å². The highest BCUT2D eigenvalue weighted by Gasteiger charge is 2.36. The number of nitrogens with zero attached hydrogens (tertiary/aromatic N) is 3. The SMILES string of the molecule is CC1(C)c2ccc(-c3cccc(-c4cccc(-c5cc(-c6ccc(-c7cccnc7)cc6)nc(-c6ccccc6)n5)c4)c3)cc2-c2c1ccc1ccccc21. The molecule has 0 unspecified atom stereocenters. The first-order chi connectivity index (χ1) is 27.0. The van der Waals surface area contributed by atoms with E-state index < -0.39 is 0 Å². The van der Waals surface area contributed by atoms with E-state index in [4.69, 9.17) is 9.97 Å². The molecule has 0 spiro atoms. The van der Waals surface area contributed by atoms with E-state index in [1.807, 2.05) is 30.5 Å². The Balaban J connectivity index is 1.03. The number of rotatable bonds is 6. The van der Waals surface area contributed by atoms with Crippen LogP contribution in [0.1, 0.15) is 25.0 Å². The molecule has 7 aromatic carbocycles. The summed E-state index contributed by atoms with van der Waals surface area (Å²) in [5.74, 6) is 0.700. The molecule has 0 N–H and O–H groups in total. The summed E-state index contributed by atoms with van der Waals surface area (Å²) in [7, 11) is 0. The molecule has 55 heavy (non-hydrogen) atoms. The van der Waals surface area contributed by atoms with Crippen LogP contribution in [0, 0.1) is 0 Å². The second-order valence-corrected chi connectivity index (χ2v) is 14.9. The van der Waals surface area contributed by atoms with Crippen LogP contribution in [-0.2, 0) is 5.41 Å². The summed E-state index contributed by atoms with van der Waals surface area (Å²) in [6.45, 7) is 4.70. The molecule has 3 heteroatoms. The lowest BCUT2D eigenvalue weighted by atomic mass is 9.82. The van der Waals surface area contributed by atoms with Gasteiger partial charge in [-0.05, 0) is 96.7 Å². The molecule has 9 aromatic rings. The molecule has 3 nitrogen and oxygen atoms in total. The van der Waals surface area contributed by atoms with E-state index in [-0.39, 0.29) is 5.41 Å². The van der Waals surface area contributed by atoms with Crippen LogP contribution in [0.25, 0.3) is 89.2 Å². The molecule has 0 aliphatic heterocycles. The molecule has 0 atom stereocenters. The van der Waals surface area contributed by atoms with Crippen LogP contribution < -0.4 is 0 Å². The summed E-state index contributed by atoms with van der Waals surface area (Å²) in [6.07, 6.45) is 3.69. The largest absolute Gasteiger partial charge is 0.264 e. The minimum Gasteiger partial charge on any atom is -0.264 e. The Morgan fingerprint density at radius 2 is 0.982 bits per heavy atom. The van der Waals surface area contributed by atoms with Gasteiger partial charge in [-0.25, -0.2) is 9.97 Å². The van der Waals surface area contributed by atoms with Crippen LogP contribution in [0.4, 0.5) is 0 Å². The summed E-state index contributed by atoms with van der Waals surface area (Å²) >= 11 is 0. The van der Waals surface area contributed by atoms with Crippen LogP contribution in [0.2, 0.25) is 0 Å². The molecule has 0 radical (unpaired) electrons. The van der Waals surface area contributed by atoms with E-state index in [9.17, 15) is 0 Å². The third kappa shape index (κ3) is 5.82. The molecule has 260 valence electrons. The van der Waals surface area contributed by atoms with Gasteiger partial charge >= 0.3 is 0 Å². The van der Waals surface area contributed by atoms with Crippen LogP contribution in [0.5, 0.6) is 0 Å². The van der Waals surface area contributed by atoms with Crippen molar-refractivity contribution in [2.75, 3.05) is 0 Å². The van der Waals surface area contributed by atoms with Crippen LogP contribution in [0.3, 0.4) is 0 Å². The van der Waals surface area contributed by atoms with E-state index in [0.29, 0.717) is 5.82 Å². The highest BCUT2D eigenvalue weighted by Crippen LogP contribution is 2.52. The number of hydrogen-bond donors (Lipinski definition) is 0. The monoisotopic (exact) mass is 703 g/mol. The second kappa shape index (κ2) is 13.2. The molecule has 1 aliphatic carbocycles. The van der Waals surface area contributed by atoms with Gasteiger partial charge in [0.2, 0.25) is 0 Å². The molecular weight excluding hydrogens is 667 g/mol. The predicted octanol–water partition coefficient (Wildman–Crippen LogP) is 13.3. The average Bonchev–Trinajstić information content (AvgIpc) is 3.49. The van der Waals surface area contributed by atoms with Crippen molar-refractivity contribution < 1.29 is 0 Å². The van der Waals surface area contributed by atoms with Crippen molar-refractivity contribution in [3.05, 3.63) is 199 Å². The molecule has 2 aromatic heterocycles. The van der Waals surface area contributed by atoms with E-state index in [0.717, 1.165) is 50.3 Å². The van der Waals surface area contributed by atoms with Gasteiger partial charge in [-0.3, -0.25) is 4.98 Å². The number of fused-ring (bicyclic) bond motifs is 5. The fraction of sp³-hybridized carbons (Fsp3) is 0.0577. The van der Waals surface area contributed by atoms with Crippen molar-refractivity contribution in [1.29, 1.82) is 0 Å². The lowest BCUT2D eigenvalue weighted by Gasteiger charge is -2.21. The lowest BCUT2D eigenvalue weighted by Crippen LogP contribution is -2.14. The summed E-state index contributed by atoms with van der Waals surface area (Å²) in [5, 5.41) is 2.60. The molecule has 0 bridgehead atoms. The summed E-state index contributed by atoms with van der Waals surface area (Å²) in [4.78, 5) is 14.5. The number of pyridine rings is 1. The Labute approximate surface area is 321 Å². The Bertz CT molecular complexity index is 2870. The van der Waals surface area contributed by atoms with Gasteiger partial charge in [0.1, 0.15) is 0 Å². The third-order valence-electron chi connectivity index (χ3n) is 11.2. The maximum Gasteiger partial charge on any atom is 0.160 e. The van der Waals surface area contributed by atoms with Gasteiger partial charge in [0, 0.05) is 34.5 Å². The van der Waals surface area contributed by atoms with Crippen LogP contribution >= 0.6 is 0 Å². The number of aromatic nitrogens is 3. The normalized spacial score (nSPS) is 12.7. The Morgan fingerprint density at radius 3 is 1.73 bits per heavy atom. The highest BCUT2D eigenvalue weighted by molar-refractivity contribution is 6.03. The van der Waals surface area contributed by atoms with Gasteiger partial charge < -0.3 is 0 Å². The fourth-order valence-corrected chi connectivity index (χ4v) is 8.27. The summed E-state index contributed by atoms with van der Waals surface area (Å²) in [6, 6.07) is 62.9. The topological polar surface area (TPSA) is 38.7 Å². The average molecular weight is 704 g/mol. The summed E-state index contributed by atoms with van der Waals surface area (Å²) in [5.41, 5.74) is 17.2. The first-order valence-electron chi connectivity index (χ1n) is 18.8. The van der Waals surface area contributed by atoms with Gasteiger partial charge in [-0.1, -0.05) is 159 Å². The fourth-order valence-electron chi connectivity index (χ4n) is 8.27. The van der Waals surface area contributed by atoms with E-state index >= 15 is 0 Å². The molecule has 10 rings (SSSR count). The molecule has 0 fully saturated rings. The Morgan fingerprint density at radius 1 is 0.400 bits per heavy atom. The second-order valence-electron chi connectivity index (χ2n) is 14.9. The maximum atomic E-state index is 5.13. The first kappa shape index (κ1) is 32.7. The van der Waals surface area contributed by atoms with Crippen molar-refractivity contribution in [2.45, 2.75) is 19.3 Å². The molecule has 0 saturated carbocycles. The Kier molecular flexibility index (Phi) is 7.81. The zero-order valence-corrected chi connectivity index (χ0v) is 30.7. The zero-order valence-electron chi connectivity index (χ0n) is 30.7. The van der Waals surface area contributed by atoms with Crippen LogP contribution in [0.15, 0.2) is 188 Å². The molecule has 1 aliphatic rings. The Hall–Kier alpha value is -6.97. The van der Waals surface area contributed by atoms with Gasteiger partial charge in [-0.15, -0.1) is 0 Å². The molecule has 0 saturated heterocycles. The minimum absolute atomic E-state index is 0.0555. The van der Waals surface area contributed by atoms with Crippen molar-refractivity contribution in [3.8, 4) is 78.4 Å². The standard InChI is InChI=1S/C52H37N3/c1-52(2)46-26-25-41(31-45(46)50-44-19-7-6-11-35(44)24-27-47(50)52)39-15-8-14-38(29-39)40-16-9-17-42(30-40)49-32-48(54-51(55-49)37-12-4-3-5-13-37)36-22-20-34(21-23-36)43-18-10-28-53-33-43/h3-33H,1-2H3. The maximum absolute atomic E-state index is 5.13. The first-order valence-corrected chi connectivity index (χ1v) is 18.8. The summed E-state index contributed by atoms with van der Waals surface area (Å²) < 4.78 is 0. The van der Waals surface area contributed by atoms with Gasteiger partial charge in [0.15, 0.2) is 5.82 Å². The molecular formula is C52H37N3. The van der Waals surface area contributed by atoms with Crippen molar-refractivity contribution >= 4 is 10.8 Å². The van der Waals surface area contributed by atoms with Crippen molar-refractivity contribution in [2.24, 2.45) is 0 Å². The van der Waals surface area contributed by atoms with Crippen LogP contribution in [-0.4, -0.2) is 15.0 Å². The highest BCUT2D eigenvalue weighted by atomic mass is 14.9. The minimum atomic E-state index is -0.0555. The van der Waals surface area contributed by atoms with Gasteiger partial charge in [0.25, 0.3) is 0 Å². The van der Waals surface area contributed by atoms with E-state index in [2.05, 4.69) is 170 Å². The zero-order chi connectivity index (χ0) is 36.9. The van der Waals surface area contributed by atoms with E-state index in [1.54, 1.807) is 6.20 Å². The quantitative estimate of drug-likeness (QED) is 0.173. The number of benzene rings is 7. The molecule has 2 heterocycles. The smallest absolute Gasteiger partial charge is 0.160 e. The number of hydrogen-bond acceptors (Lipinski definition) is 3. The van der Waals surface area contributed by atoms with Crippen molar-refractivity contribution in [1.82, 2.24) is 15.0 Å². The molecule has 0 amide bonds. The third-order valence-corrected chi connectivity index (χ3v) is 11.2. The predicted molar refractivity (Wildman–Crippen MR) is 228 cm³/mol. The van der Waals surface area contributed by atoms with Gasteiger partial charge in [-0.2, -0.15) is 0 Å².